The lowest BCUT2D eigenvalue weighted by Gasteiger charge is -2.25. The van der Waals surface area contributed by atoms with Crippen molar-refractivity contribution in [1.29, 1.82) is 0 Å². The zero-order valence-corrected chi connectivity index (χ0v) is 21.0. The van der Waals surface area contributed by atoms with E-state index in [1.165, 1.54) is 18.2 Å². The van der Waals surface area contributed by atoms with Crippen molar-refractivity contribution >= 4 is 33.2 Å². The molecule has 3 N–H and O–H groups in total. The van der Waals surface area contributed by atoms with Gasteiger partial charge in [-0.05, 0) is 60.0 Å². The third kappa shape index (κ3) is 8.13. The van der Waals surface area contributed by atoms with Gasteiger partial charge in [-0.25, -0.2) is 21.9 Å². The molecule has 0 saturated carbocycles. The molecule has 0 aliphatic carbocycles. The maximum atomic E-state index is 13.7. The van der Waals surface area contributed by atoms with Crippen molar-refractivity contribution in [2.75, 3.05) is 13.7 Å². The number of methoxy groups -OCH3 is 1. The summed E-state index contributed by atoms with van der Waals surface area (Å²) >= 11 is 11.9. The number of aliphatic hydroxyl groups is 1. The van der Waals surface area contributed by atoms with Gasteiger partial charge in [-0.3, -0.25) is 0 Å². The minimum Gasteiger partial charge on any atom is -0.497 e. The van der Waals surface area contributed by atoms with Crippen molar-refractivity contribution in [2.45, 2.75) is 30.0 Å². The van der Waals surface area contributed by atoms with Crippen LogP contribution in [-0.2, 0) is 23.0 Å². The monoisotopic (exact) mass is 544 g/mol. The third-order valence-corrected chi connectivity index (χ3v) is 7.02. The zero-order valence-electron chi connectivity index (χ0n) is 18.6. The summed E-state index contributed by atoms with van der Waals surface area (Å²) in [5, 5.41) is 14.1. The quantitative estimate of drug-likeness (QED) is 0.334. The van der Waals surface area contributed by atoms with Crippen molar-refractivity contribution in [1.82, 2.24) is 10.0 Å². The lowest BCUT2D eigenvalue weighted by atomic mass is 10.0. The lowest BCUT2D eigenvalue weighted by molar-refractivity contribution is 0.134. The lowest BCUT2D eigenvalue weighted by Crippen LogP contribution is -2.48. The molecule has 0 bridgehead atoms. The van der Waals surface area contributed by atoms with Crippen LogP contribution in [0, 0.1) is 11.6 Å². The molecule has 11 heteroatoms. The molecule has 6 nitrogen and oxygen atoms in total. The van der Waals surface area contributed by atoms with Gasteiger partial charge in [0.25, 0.3) is 0 Å². The smallest absolute Gasteiger partial charge is 0.241 e. The minimum absolute atomic E-state index is 0.0154. The van der Waals surface area contributed by atoms with Crippen LogP contribution in [0.15, 0.2) is 65.6 Å². The molecule has 0 saturated heterocycles. The predicted molar refractivity (Wildman–Crippen MR) is 131 cm³/mol. The molecular formula is C24H24Cl2F2N2O4S. The molecular weight excluding hydrogens is 521 g/mol. The SMILES string of the molecule is COc1cccc(CNC[C@@H](O)[C@H](Cc2cc(F)cc(F)c2)NS(=O)(=O)c2cc(Cl)cc(Cl)c2)c1. The normalized spacial score (nSPS) is 13.4. The Kier molecular flexibility index (Phi) is 9.46. The van der Waals surface area contributed by atoms with Gasteiger partial charge in [0, 0.05) is 29.2 Å². The highest BCUT2D eigenvalue weighted by molar-refractivity contribution is 7.89. The molecule has 2 atom stereocenters. The van der Waals surface area contributed by atoms with Crippen LogP contribution < -0.4 is 14.8 Å². The van der Waals surface area contributed by atoms with Crippen molar-refractivity contribution in [2.24, 2.45) is 0 Å². The van der Waals surface area contributed by atoms with Gasteiger partial charge in [0.15, 0.2) is 0 Å². The predicted octanol–water partition coefficient (Wildman–Crippen LogP) is 4.32. The first-order valence-electron chi connectivity index (χ1n) is 10.5. The van der Waals surface area contributed by atoms with Crippen LogP contribution in [0.25, 0.3) is 0 Å². The Bertz CT molecular complexity index is 1240. The first-order chi connectivity index (χ1) is 16.6. The van der Waals surface area contributed by atoms with Crippen LogP contribution in [0.3, 0.4) is 0 Å². The van der Waals surface area contributed by atoms with E-state index < -0.39 is 33.8 Å². The summed E-state index contributed by atoms with van der Waals surface area (Å²) in [6.45, 7) is 0.352. The molecule has 3 rings (SSSR count). The molecule has 0 amide bonds. The van der Waals surface area contributed by atoms with Crippen molar-refractivity contribution < 1.29 is 27.0 Å². The van der Waals surface area contributed by atoms with Crippen LogP contribution in [0.4, 0.5) is 8.78 Å². The molecule has 0 fully saturated rings. The minimum atomic E-state index is -4.19. The van der Waals surface area contributed by atoms with E-state index in [9.17, 15) is 22.3 Å². The summed E-state index contributed by atoms with van der Waals surface area (Å²) in [6.07, 6.45) is -1.43. The van der Waals surface area contributed by atoms with Gasteiger partial charge in [-0.2, -0.15) is 0 Å². The molecule has 0 aliphatic heterocycles. The first-order valence-corrected chi connectivity index (χ1v) is 12.7. The van der Waals surface area contributed by atoms with Gasteiger partial charge in [-0.15, -0.1) is 0 Å². The molecule has 35 heavy (non-hydrogen) atoms. The molecule has 0 unspecified atom stereocenters. The van der Waals surface area contributed by atoms with Gasteiger partial charge in [0.2, 0.25) is 10.0 Å². The zero-order chi connectivity index (χ0) is 25.6. The van der Waals surface area contributed by atoms with E-state index in [0.717, 1.165) is 17.7 Å². The summed E-state index contributed by atoms with van der Waals surface area (Å²) in [5.41, 5.74) is 1.06. The van der Waals surface area contributed by atoms with E-state index in [4.69, 9.17) is 27.9 Å². The Balaban J connectivity index is 1.79. The maximum absolute atomic E-state index is 13.7. The number of hydrogen-bond acceptors (Lipinski definition) is 5. The van der Waals surface area contributed by atoms with Crippen molar-refractivity contribution in [3.8, 4) is 5.75 Å². The Labute approximate surface area is 212 Å². The number of sulfonamides is 1. The second kappa shape index (κ2) is 12.1. The van der Waals surface area contributed by atoms with Gasteiger partial charge in [0.1, 0.15) is 17.4 Å². The highest BCUT2D eigenvalue weighted by Crippen LogP contribution is 2.23. The van der Waals surface area contributed by atoms with Gasteiger partial charge >= 0.3 is 0 Å². The standard InChI is InChI=1S/C24H24Cl2F2N2O4S/c1-34-21-4-2-3-15(7-21)13-29-14-24(31)23(8-16-5-19(27)12-20(28)6-16)30-35(32,33)22-10-17(25)9-18(26)11-22/h2-7,9-12,23-24,29-31H,8,13-14H2,1H3/t23-,24+/m0/s1. The topological polar surface area (TPSA) is 87.7 Å². The molecule has 188 valence electrons. The largest absolute Gasteiger partial charge is 0.497 e. The van der Waals surface area contributed by atoms with Crippen LogP contribution in [-0.4, -0.2) is 39.3 Å². The number of aliphatic hydroxyl groups excluding tert-OH is 1. The van der Waals surface area contributed by atoms with Gasteiger partial charge in [-0.1, -0.05) is 35.3 Å². The molecule has 3 aromatic rings. The fourth-order valence-corrected chi connectivity index (χ4v) is 5.47. The van der Waals surface area contributed by atoms with Crippen LogP contribution in [0.1, 0.15) is 11.1 Å². The van der Waals surface area contributed by atoms with E-state index in [-0.39, 0.29) is 33.5 Å². The van der Waals surface area contributed by atoms with E-state index in [0.29, 0.717) is 18.4 Å². The number of ether oxygens (including phenoxy) is 1. The fraction of sp³-hybridized carbons (Fsp3) is 0.250. The second-order valence-corrected chi connectivity index (χ2v) is 10.5. The molecule has 0 heterocycles. The van der Waals surface area contributed by atoms with Crippen molar-refractivity contribution in [3.05, 3.63) is 93.5 Å². The van der Waals surface area contributed by atoms with Crippen LogP contribution in [0.2, 0.25) is 10.0 Å². The van der Waals surface area contributed by atoms with Crippen LogP contribution in [0.5, 0.6) is 5.75 Å². The third-order valence-electron chi connectivity index (χ3n) is 5.11. The maximum Gasteiger partial charge on any atom is 0.241 e. The summed E-state index contributed by atoms with van der Waals surface area (Å²) in [4.78, 5) is -0.207. The Morgan fingerprint density at radius 3 is 2.26 bits per heavy atom. The Hall–Kier alpha value is -2.27. The molecule has 0 aliphatic rings. The summed E-state index contributed by atoms with van der Waals surface area (Å²) in [5.74, 6) is -0.952. The number of nitrogens with one attached hydrogen (secondary N) is 2. The highest BCUT2D eigenvalue weighted by atomic mass is 35.5. The molecule has 3 aromatic carbocycles. The highest BCUT2D eigenvalue weighted by Gasteiger charge is 2.27. The van der Waals surface area contributed by atoms with E-state index >= 15 is 0 Å². The van der Waals surface area contributed by atoms with E-state index in [1.54, 1.807) is 13.2 Å². The van der Waals surface area contributed by atoms with Crippen molar-refractivity contribution in [3.63, 3.8) is 0 Å². The molecule has 0 radical (unpaired) electrons. The number of halogens is 4. The Morgan fingerprint density at radius 1 is 0.971 bits per heavy atom. The summed E-state index contributed by atoms with van der Waals surface area (Å²) in [6, 6.07) is 12.8. The average molecular weight is 545 g/mol. The van der Waals surface area contributed by atoms with Gasteiger partial charge in [0.05, 0.1) is 24.2 Å². The number of benzene rings is 3. The number of hydrogen-bond donors (Lipinski definition) is 3. The molecule has 0 spiro atoms. The average Bonchev–Trinajstić information content (AvgIpc) is 2.77. The van der Waals surface area contributed by atoms with Crippen LogP contribution >= 0.6 is 23.2 Å². The second-order valence-electron chi connectivity index (χ2n) is 7.86. The molecule has 0 aromatic heterocycles. The fourth-order valence-electron chi connectivity index (χ4n) is 3.48. The van der Waals surface area contributed by atoms with E-state index in [2.05, 4.69) is 10.0 Å². The van der Waals surface area contributed by atoms with E-state index in [1.807, 2.05) is 18.2 Å². The summed E-state index contributed by atoms with van der Waals surface area (Å²) in [7, 11) is -2.64. The Morgan fingerprint density at radius 2 is 1.63 bits per heavy atom. The summed E-state index contributed by atoms with van der Waals surface area (Å²) < 4.78 is 61.1. The van der Waals surface area contributed by atoms with Gasteiger partial charge < -0.3 is 15.2 Å². The first kappa shape index (κ1) is 27.3. The number of rotatable bonds is 11.